The van der Waals surface area contributed by atoms with Crippen LogP contribution in [0.2, 0.25) is 0 Å². The van der Waals surface area contributed by atoms with E-state index >= 15 is 0 Å². The quantitative estimate of drug-likeness (QED) is 0.797. The summed E-state index contributed by atoms with van der Waals surface area (Å²) in [5.41, 5.74) is 0.886. The van der Waals surface area contributed by atoms with Crippen molar-refractivity contribution in [1.29, 1.82) is 0 Å². The van der Waals surface area contributed by atoms with E-state index in [9.17, 15) is 9.59 Å². The number of nitrogens with zero attached hydrogens (tertiary/aromatic N) is 3. The summed E-state index contributed by atoms with van der Waals surface area (Å²) in [5, 5.41) is 0. The fraction of sp³-hybridized carbons (Fsp3) is 0.455. The van der Waals surface area contributed by atoms with Gasteiger partial charge >= 0.3 is 0 Å². The van der Waals surface area contributed by atoms with Crippen molar-refractivity contribution in [2.45, 2.75) is 25.3 Å². The maximum atomic E-state index is 13.2. The van der Waals surface area contributed by atoms with Gasteiger partial charge in [-0.25, -0.2) is 0 Å². The predicted molar refractivity (Wildman–Crippen MR) is 106 cm³/mol. The topological polar surface area (TPSA) is 57.0 Å². The minimum atomic E-state index is -0.415. The highest BCUT2D eigenvalue weighted by Crippen LogP contribution is 2.32. The van der Waals surface area contributed by atoms with Gasteiger partial charge in [0.2, 0.25) is 5.91 Å². The van der Waals surface area contributed by atoms with Gasteiger partial charge < -0.3 is 14.2 Å². The van der Waals surface area contributed by atoms with Gasteiger partial charge in [0.25, 0.3) is 5.91 Å². The SMILES string of the molecule is CC1(C(=O)N2CCN(C(=O)c3ccco3)CC2)CCN1CCc1ccccc1. The first-order chi connectivity index (χ1) is 13.6. The number of piperazine rings is 1. The van der Waals surface area contributed by atoms with E-state index < -0.39 is 5.54 Å². The Bertz CT molecular complexity index is 813. The van der Waals surface area contributed by atoms with E-state index in [1.54, 1.807) is 17.0 Å². The van der Waals surface area contributed by atoms with Crippen LogP contribution >= 0.6 is 0 Å². The summed E-state index contributed by atoms with van der Waals surface area (Å²) in [6.45, 7) is 6.16. The largest absolute Gasteiger partial charge is 0.459 e. The number of hydrogen-bond donors (Lipinski definition) is 0. The van der Waals surface area contributed by atoms with Crippen molar-refractivity contribution in [1.82, 2.24) is 14.7 Å². The molecule has 2 fully saturated rings. The molecule has 6 nitrogen and oxygen atoms in total. The van der Waals surface area contributed by atoms with Crippen LogP contribution in [0.5, 0.6) is 0 Å². The van der Waals surface area contributed by atoms with Crippen LogP contribution in [0.3, 0.4) is 0 Å². The minimum absolute atomic E-state index is 0.101. The van der Waals surface area contributed by atoms with E-state index in [1.807, 2.05) is 11.0 Å². The summed E-state index contributed by atoms with van der Waals surface area (Å²) in [6, 6.07) is 13.8. The molecule has 148 valence electrons. The van der Waals surface area contributed by atoms with Crippen LogP contribution in [0.15, 0.2) is 53.1 Å². The molecule has 2 aliphatic rings. The molecule has 0 spiro atoms. The molecule has 28 heavy (non-hydrogen) atoms. The van der Waals surface area contributed by atoms with Gasteiger partial charge in [0.05, 0.1) is 11.8 Å². The summed E-state index contributed by atoms with van der Waals surface area (Å²) >= 11 is 0. The van der Waals surface area contributed by atoms with Crippen LogP contribution in [0.25, 0.3) is 0 Å². The third-order valence-corrected chi connectivity index (χ3v) is 6.13. The lowest BCUT2D eigenvalue weighted by Crippen LogP contribution is -2.68. The Morgan fingerprint density at radius 1 is 0.964 bits per heavy atom. The van der Waals surface area contributed by atoms with E-state index in [1.165, 1.54) is 11.8 Å². The number of benzene rings is 1. The highest BCUT2D eigenvalue weighted by molar-refractivity contribution is 5.92. The van der Waals surface area contributed by atoms with Crippen molar-refractivity contribution in [3.05, 3.63) is 60.1 Å². The molecule has 1 aromatic carbocycles. The molecular weight excluding hydrogens is 354 g/mol. The smallest absolute Gasteiger partial charge is 0.289 e. The van der Waals surface area contributed by atoms with Gasteiger partial charge in [0.15, 0.2) is 5.76 Å². The Morgan fingerprint density at radius 3 is 2.29 bits per heavy atom. The molecule has 0 N–H and O–H groups in total. The van der Waals surface area contributed by atoms with Crippen molar-refractivity contribution < 1.29 is 14.0 Å². The van der Waals surface area contributed by atoms with Crippen LogP contribution in [0.1, 0.15) is 29.5 Å². The second-order valence-electron chi connectivity index (χ2n) is 7.81. The Kier molecular flexibility index (Phi) is 5.22. The fourth-order valence-corrected chi connectivity index (χ4v) is 4.12. The van der Waals surface area contributed by atoms with E-state index in [4.69, 9.17) is 4.42 Å². The number of carbonyl (C=O) groups is 2. The molecule has 0 saturated carbocycles. The van der Waals surface area contributed by atoms with Gasteiger partial charge in [-0.05, 0) is 37.5 Å². The van der Waals surface area contributed by atoms with Crippen LogP contribution in [-0.4, -0.2) is 71.3 Å². The predicted octanol–water partition coefficient (Wildman–Crippen LogP) is 2.27. The number of hydrogen-bond acceptors (Lipinski definition) is 4. The highest BCUT2D eigenvalue weighted by atomic mass is 16.3. The summed E-state index contributed by atoms with van der Waals surface area (Å²) in [7, 11) is 0. The van der Waals surface area contributed by atoms with Gasteiger partial charge in [-0.2, -0.15) is 0 Å². The minimum Gasteiger partial charge on any atom is -0.459 e. The lowest BCUT2D eigenvalue weighted by molar-refractivity contribution is -0.154. The van der Waals surface area contributed by atoms with Gasteiger partial charge in [-0.15, -0.1) is 0 Å². The van der Waals surface area contributed by atoms with Crippen molar-refractivity contribution in [3.8, 4) is 0 Å². The summed E-state index contributed by atoms with van der Waals surface area (Å²) < 4.78 is 5.20. The maximum absolute atomic E-state index is 13.2. The third kappa shape index (κ3) is 3.56. The first-order valence-corrected chi connectivity index (χ1v) is 9.99. The van der Waals surface area contributed by atoms with E-state index in [2.05, 4.69) is 36.1 Å². The van der Waals surface area contributed by atoms with Crippen molar-refractivity contribution in [2.24, 2.45) is 0 Å². The highest BCUT2D eigenvalue weighted by Gasteiger charge is 2.48. The molecule has 0 bridgehead atoms. The van der Waals surface area contributed by atoms with Crippen LogP contribution < -0.4 is 0 Å². The van der Waals surface area contributed by atoms with Crippen LogP contribution in [0, 0.1) is 0 Å². The lowest BCUT2D eigenvalue weighted by Gasteiger charge is -2.52. The maximum Gasteiger partial charge on any atom is 0.289 e. The number of amides is 2. The Morgan fingerprint density at radius 2 is 1.68 bits per heavy atom. The van der Waals surface area contributed by atoms with Crippen LogP contribution in [-0.2, 0) is 11.2 Å². The zero-order valence-electron chi connectivity index (χ0n) is 16.3. The second-order valence-corrected chi connectivity index (χ2v) is 7.81. The molecule has 1 aromatic heterocycles. The van der Waals surface area contributed by atoms with Crippen LogP contribution in [0.4, 0.5) is 0 Å². The third-order valence-electron chi connectivity index (χ3n) is 6.13. The molecule has 0 aliphatic carbocycles. The monoisotopic (exact) mass is 381 g/mol. The molecule has 2 aliphatic heterocycles. The number of likely N-dealkylation sites (tertiary alicyclic amines) is 1. The first-order valence-electron chi connectivity index (χ1n) is 9.99. The number of furan rings is 1. The molecule has 6 heteroatoms. The van der Waals surface area contributed by atoms with Gasteiger partial charge in [-0.1, -0.05) is 30.3 Å². The lowest BCUT2D eigenvalue weighted by atomic mass is 9.84. The van der Waals surface area contributed by atoms with Crippen molar-refractivity contribution in [2.75, 3.05) is 39.3 Å². The van der Waals surface area contributed by atoms with Gasteiger partial charge in [0, 0.05) is 39.3 Å². The zero-order valence-corrected chi connectivity index (χ0v) is 16.3. The molecule has 2 saturated heterocycles. The molecule has 1 unspecified atom stereocenters. The Labute approximate surface area is 165 Å². The molecule has 2 amide bonds. The zero-order chi connectivity index (χ0) is 19.6. The Hall–Kier alpha value is -2.60. The summed E-state index contributed by atoms with van der Waals surface area (Å²) in [4.78, 5) is 31.6. The average Bonchev–Trinajstić information content (AvgIpc) is 3.27. The molecule has 0 radical (unpaired) electrons. The summed E-state index contributed by atoms with van der Waals surface area (Å²) in [5.74, 6) is 0.450. The standard InChI is InChI=1S/C22H27N3O3/c1-22(10-12-25(22)11-9-18-6-3-2-4-7-18)21(27)24-15-13-23(14-16-24)20(26)19-8-5-17-28-19/h2-8,17H,9-16H2,1H3. The van der Waals surface area contributed by atoms with Gasteiger partial charge in [-0.3, -0.25) is 14.5 Å². The normalized spacial score (nSPS) is 22.8. The molecule has 3 heterocycles. The number of carbonyl (C=O) groups excluding carboxylic acids is 2. The number of rotatable bonds is 5. The molecule has 1 atom stereocenters. The Balaban J connectivity index is 1.31. The van der Waals surface area contributed by atoms with Crippen molar-refractivity contribution in [3.63, 3.8) is 0 Å². The first kappa shape index (κ1) is 18.7. The van der Waals surface area contributed by atoms with E-state index in [0.29, 0.717) is 31.9 Å². The molecule has 2 aromatic rings. The van der Waals surface area contributed by atoms with Gasteiger partial charge in [0.1, 0.15) is 0 Å². The molecular formula is C22H27N3O3. The van der Waals surface area contributed by atoms with E-state index in [0.717, 1.165) is 25.9 Å². The second kappa shape index (κ2) is 7.80. The molecule has 4 rings (SSSR count). The van der Waals surface area contributed by atoms with Crippen molar-refractivity contribution >= 4 is 11.8 Å². The summed E-state index contributed by atoms with van der Waals surface area (Å²) in [6.07, 6.45) is 3.36. The fourth-order valence-electron chi connectivity index (χ4n) is 4.12. The van der Waals surface area contributed by atoms with E-state index in [-0.39, 0.29) is 11.8 Å². The average molecular weight is 381 g/mol.